The van der Waals surface area contributed by atoms with E-state index >= 15 is 0 Å². The van der Waals surface area contributed by atoms with Gasteiger partial charge in [-0.15, -0.1) is 0 Å². The van der Waals surface area contributed by atoms with Crippen molar-refractivity contribution in [2.24, 2.45) is 0 Å². The van der Waals surface area contributed by atoms with E-state index in [0.717, 1.165) is 0 Å². The second-order valence-electron chi connectivity index (χ2n) is 3.63. The Morgan fingerprint density at radius 3 is 2.80 bits per heavy atom. The minimum absolute atomic E-state index is 0.217. The van der Waals surface area contributed by atoms with E-state index in [2.05, 4.69) is 22.1 Å². The number of nitriles is 1. The topological polar surface area (TPSA) is 86.0 Å². The Kier molecular flexibility index (Phi) is 4.46. The van der Waals surface area contributed by atoms with Crippen LogP contribution in [0.4, 0.5) is 5.13 Å². The van der Waals surface area contributed by atoms with Gasteiger partial charge in [-0.05, 0) is 24.3 Å². The normalized spacial score (nSPS) is 9.20. The second-order valence-corrected chi connectivity index (χ2v) is 4.66. The van der Waals surface area contributed by atoms with Crippen LogP contribution in [0.1, 0.15) is 20.8 Å². The molecular formula is C14H9N3O2S. The van der Waals surface area contributed by atoms with E-state index in [1.54, 1.807) is 24.3 Å². The van der Waals surface area contributed by atoms with Crippen LogP contribution in [-0.2, 0) is 0 Å². The molecule has 98 valence electrons. The minimum atomic E-state index is -0.300. The number of aliphatic hydroxyl groups excluding tert-OH is 1. The van der Waals surface area contributed by atoms with Gasteiger partial charge in [0, 0.05) is 5.56 Å². The molecule has 0 bridgehead atoms. The fourth-order valence-corrected chi connectivity index (χ4v) is 2.07. The molecule has 0 saturated carbocycles. The standard InChI is InChI=1S/C14H9N3O2S/c15-8-10-3-5-11(6-4-10)13(19)17-14-16-9-12(20-14)2-1-7-18/h3-6,9,18H,7H2,(H,16,17,19). The number of rotatable bonds is 2. The predicted molar refractivity (Wildman–Crippen MR) is 75.2 cm³/mol. The highest BCUT2D eigenvalue weighted by Gasteiger charge is 2.08. The molecule has 0 aliphatic rings. The fraction of sp³-hybridized carbons (Fsp3) is 0.0714. The van der Waals surface area contributed by atoms with Gasteiger partial charge in [0.1, 0.15) is 6.61 Å². The number of carbonyl (C=O) groups excluding carboxylic acids is 1. The van der Waals surface area contributed by atoms with Crippen LogP contribution < -0.4 is 5.32 Å². The van der Waals surface area contributed by atoms with Crippen molar-refractivity contribution >= 4 is 22.4 Å². The van der Waals surface area contributed by atoms with E-state index in [1.807, 2.05) is 6.07 Å². The lowest BCUT2D eigenvalue weighted by Crippen LogP contribution is -2.11. The summed E-state index contributed by atoms with van der Waals surface area (Å²) in [5, 5.41) is 20.4. The van der Waals surface area contributed by atoms with E-state index in [-0.39, 0.29) is 12.5 Å². The smallest absolute Gasteiger partial charge is 0.257 e. The summed E-state index contributed by atoms with van der Waals surface area (Å²) in [6, 6.07) is 8.30. The molecule has 2 rings (SSSR count). The highest BCUT2D eigenvalue weighted by molar-refractivity contribution is 7.16. The number of hydrogen-bond donors (Lipinski definition) is 2. The van der Waals surface area contributed by atoms with Gasteiger partial charge in [-0.2, -0.15) is 5.26 Å². The maximum Gasteiger partial charge on any atom is 0.257 e. The molecule has 0 radical (unpaired) electrons. The van der Waals surface area contributed by atoms with Crippen LogP contribution in [0, 0.1) is 23.2 Å². The first-order chi connectivity index (χ1) is 9.72. The van der Waals surface area contributed by atoms with Gasteiger partial charge >= 0.3 is 0 Å². The van der Waals surface area contributed by atoms with Gasteiger partial charge in [-0.1, -0.05) is 23.2 Å². The lowest BCUT2D eigenvalue weighted by molar-refractivity contribution is 0.102. The summed E-state index contributed by atoms with van der Waals surface area (Å²) in [5.41, 5.74) is 0.944. The Balaban J connectivity index is 2.07. The first kappa shape index (κ1) is 13.8. The lowest BCUT2D eigenvalue weighted by atomic mass is 10.1. The highest BCUT2D eigenvalue weighted by Crippen LogP contribution is 2.18. The second kappa shape index (κ2) is 6.48. The molecule has 0 aliphatic heterocycles. The molecule has 5 nitrogen and oxygen atoms in total. The summed E-state index contributed by atoms with van der Waals surface area (Å²) in [4.78, 5) is 16.6. The van der Waals surface area contributed by atoms with E-state index in [9.17, 15) is 4.79 Å². The van der Waals surface area contributed by atoms with Crippen molar-refractivity contribution in [3.05, 3.63) is 46.5 Å². The van der Waals surface area contributed by atoms with Crippen molar-refractivity contribution in [2.45, 2.75) is 0 Å². The maximum atomic E-state index is 11.9. The van der Waals surface area contributed by atoms with Crippen molar-refractivity contribution < 1.29 is 9.90 Å². The zero-order valence-electron chi connectivity index (χ0n) is 10.3. The molecule has 2 N–H and O–H groups in total. The Labute approximate surface area is 119 Å². The number of anilines is 1. The SMILES string of the molecule is N#Cc1ccc(C(=O)Nc2ncc(C#CCO)s2)cc1. The largest absolute Gasteiger partial charge is 0.384 e. The average molecular weight is 283 g/mol. The van der Waals surface area contributed by atoms with Crippen molar-refractivity contribution in [1.29, 1.82) is 5.26 Å². The Bertz CT molecular complexity index is 717. The number of thiazole rings is 1. The number of carbonyl (C=O) groups is 1. The Morgan fingerprint density at radius 2 is 2.15 bits per heavy atom. The third-order valence-electron chi connectivity index (χ3n) is 2.29. The number of nitrogens with zero attached hydrogens (tertiary/aromatic N) is 2. The van der Waals surface area contributed by atoms with Crippen molar-refractivity contribution in [3.8, 4) is 17.9 Å². The molecule has 0 aliphatic carbocycles. The van der Waals surface area contributed by atoms with Gasteiger partial charge in [-0.3, -0.25) is 10.1 Å². The first-order valence-electron chi connectivity index (χ1n) is 5.60. The van der Waals surface area contributed by atoms with Crippen LogP contribution in [0.15, 0.2) is 30.5 Å². The Morgan fingerprint density at radius 1 is 1.40 bits per heavy atom. The molecule has 1 heterocycles. The summed E-state index contributed by atoms with van der Waals surface area (Å²) in [6.45, 7) is -0.217. The molecular weight excluding hydrogens is 274 g/mol. The van der Waals surface area contributed by atoms with Crippen LogP contribution in [0.5, 0.6) is 0 Å². The van der Waals surface area contributed by atoms with E-state index in [4.69, 9.17) is 10.4 Å². The highest BCUT2D eigenvalue weighted by atomic mass is 32.1. The quantitative estimate of drug-likeness (QED) is 0.820. The summed E-state index contributed by atoms with van der Waals surface area (Å²) >= 11 is 1.22. The van der Waals surface area contributed by atoms with Crippen molar-refractivity contribution in [3.63, 3.8) is 0 Å². The molecule has 0 unspecified atom stereocenters. The van der Waals surface area contributed by atoms with Gasteiger partial charge in [0.05, 0.1) is 22.7 Å². The maximum absolute atomic E-state index is 11.9. The monoisotopic (exact) mass is 283 g/mol. The number of aromatic nitrogens is 1. The molecule has 6 heteroatoms. The number of hydrogen-bond acceptors (Lipinski definition) is 5. The number of nitrogens with one attached hydrogen (secondary N) is 1. The van der Waals surface area contributed by atoms with Crippen molar-refractivity contribution in [1.82, 2.24) is 4.98 Å². The molecule has 20 heavy (non-hydrogen) atoms. The molecule has 0 atom stereocenters. The zero-order valence-corrected chi connectivity index (χ0v) is 11.1. The lowest BCUT2D eigenvalue weighted by Gasteiger charge is -2.00. The van der Waals surface area contributed by atoms with Gasteiger partial charge in [0.15, 0.2) is 5.13 Å². The third-order valence-corrected chi connectivity index (χ3v) is 3.12. The first-order valence-corrected chi connectivity index (χ1v) is 6.41. The van der Waals surface area contributed by atoms with Gasteiger partial charge in [0.25, 0.3) is 5.91 Å². The summed E-state index contributed by atoms with van der Waals surface area (Å²) in [6.07, 6.45) is 1.53. The molecule has 1 aromatic heterocycles. The van der Waals surface area contributed by atoms with Gasteiger partial charge in [0.2, 0.25) is 0 Å². The van der Waals surface area contributed by atoms with Crippen LogP contribution in [0.25, 0.3) is 0 Å². The molecule has 1 aromatic carbocycles. The van der Waals surface area contributed by atoms with E-state index < -0.39 is 0 Å². The predicted octanol–water partition coefficient (Wildman–Crippen LogP) is 1.61. The van der Waals surface area contributed by atoms with Gasteiger partial charge in [-0.25, -0.2) is 4.98 Å². The minimum Gasteiger partial charge on any atom is -0.384 e. The zero-order chi connectivity index (χ0) is 14.4. The molecule has 0 spiro atoms. The molecule has 0 fully saturated rings. The summed E-state index contributed by atoms with van der Waals surface area (Å²) < 4.78 is 0. The summed E-state index contributed by atoms with van der Waals surface area (Å²) in [5.74, 6) is 4.92. The van der Waals surface area contributed by atoms with E-state index in [1.165, 1.54) is 17.5 Å². The fourth-order valence-electron chi connectivity index (χ4n) is 1.38. The number of benzene rings is 1. The van der Waals surface area contributed by atoms with Gasteiger partial charge < -0.3 is 5.11 Å². The van der Waals surface area contributed by atoms with Crippen LogP contribution in [-0.4, -0.2) is 22.6 Å². The average Bonchev–Trinajstić information content (AvgIpc) is 2.92. The third kappa shape index (κ3) is 3.42. The number of aliphatic hydroxyl groups is 1. The Hall–Kier alpha value is -2.67. The molecule has 0 saturated heterocycles. The van der Waals surface area contributed by atoms with E-state index in [0.29, 0.717) is 21.1 Å². The molecule has 2 aromatic rings. The van der Waals surface area contributed by atoms with Crippen LogP contribution in [0.2, 0.25) is 0 Å². The summed E-state index contributed by atoms with van der Waals surface area (Å²) in [7, 11) is 0. The van der Waals surface area contributed by atoms with Crippen molar-refractivity contribution in [2.75, 3.05) is 11.9 Å². The van der Waals surface area contributed by atoms with Crippen LogP contribution >= 0.6 is 11.3 Å². The molecule has 1 amide bonds. The van der Waals surface area contributed by atoms with Crippen LogP contribution in [0.3, 0.4) is 0 Å². The number of amides is 1.